The Morgan fingerprint density at radius 2 is 2.26 bits per heavy atom. The van der Waals surface area contributed by atoms with Gasteiger partial charge in [0, 0.05) is 25.7 Å². The Hall–Kier alpha value is -1.43. The third kappa shape index (κ3) is 3.32. The second kappa shape index (κ2) is 6.65. The van der Waals surface area contributed by atoms with E-state index in [4.69, 9.17) is 4.74 Å². The first kappa shape index (κ1) is 14.0. The molecule has 106 valence electrons. The van der Waals surface area contributed by atoms with E-state index in [2.05, 4.69) is 15.4 Å². The zero-order valence-electron chi connectivity index (χ0n) is 11.6. The van der Waals surface area contributed by atoms with Crippen molar-refractivity contribution in [1.29, 1.82) is 0 Å². The average molecular weight is 266 g/mol. The summed E-state index contributed by atoms with van der Waals surface area (Å²) in [6, 6.07) is -0.0576. The highest BCUT2D eigenvalue weighted by molar-refractivity contribution is 5.79. The molecule has 0 saturated carbocycles. The van der Waals surface area contributed by atoms with Gasteiger partial charge in [0.1, 0.15) is 12.2 Å². The standard InChI is InChI=1S/C13H22N4O2/c1-3-11(12-14-9-15-17(12)4-2)16-13(18)10-5-7-19-8-6-10/h9-11H,3-8H2,1-2H3,(H,16,18)/t11-/m1/s1. The molecule has 0 radical (unpaired) electrons. The van der Waals surface area contributed by atoms with Crippen molar-refractivity contribution in [1.82, 2.24) is 20.1 Å². The highest BCUT2D eigenvalue weighted by atomic mass is 16.5. The molecule has 1 amide bonds. The number of hydrogen-bond acceptors (Lipinski definition) is 4. The monoisotopic (exact) mass is 266 g/mol. The lowest BCUT2D eigenvalue weighted by Crippen LogP contribution is -2.37. The maximum Gasteiger partial charge on any atom is 0.223 e. The number of aryl methyl sites for hydroxylation is 1. The fourth-order valence-electron chi connectivity index (χ4n) is 2.39. The van der Waals surface area contributed by atoms with Gasteiger partial charge < -0.3 is 10.1 Å². The molecule has 0 spiro atoms. The number of amides is 1. The van der Waals surface area contributed by atoms with E-state index in [-0.39, 0.29) is 17.9 Å². The number of carbonyl (C=O) groups is 1. The van der Waals surface area contributed by atoms with Crippen LogP contribution < -0.4 is 5.32 Å². The topological polar surface area (TPSA) is 69.0 Å². The Morgan fingerprint density at radius 1 is 1.53 bits per heavy atom. The summed E-state index contributed by atoms with van der Waals surface area (Å²) in [5, 5.41) is 7.25. The number of ether oxygens (including phenoxy) is 1. The van der Waals surface area contributed by atoms with Crippen molar-refractivity contribution in [2.45, 2.75) is 45.7 Å². The van der Waals surface area contributed by atoms with Gasteiger partial charge in [-0.2, -0.15) is 5.10 Å². The molecule has 1 aliphatic heterocycles. The molecule has 1 aromatic heterocycles. The van der Waals surface area contributed by atoms with E-state index < -0.39 is 0 Å². The van der Waals surface area contributed by atoms with Gasteiger partial charge in [0.25, 0.3) is 0 Å². The Morgan fingerprint density at radius 3 is 2.89 bits per heavy atom. The third-order valence-corrected chi connectivity index (χ3v) is 3.57. The SMILES string of the molecule is CC[C@@H](NC(=O)C1CCOCC1)c1ncnn1CC. The minimum Gasteiger partial charge on any atom is -0.381 e. The minimum absolute atomic E-state index is 0.0576. The fraction of sp³-hybridized carbons (Fsp3) is 0.769. The van der Waals surface area contributed by atoms with Crippen LogP contribution in [-0.4, -0.2) is 33.9 Å². The average Bonchev–Trinajstić information content (AvgIpc) is 2.93. The molecular weight excluding hydrogens is 244 g/mol. The van der Waals surface area contributed by atoms with Crippen molar-refractivity contribution >= 4 is 5.91 Å². The summed E-state index contributed by atoms with van der Waals surface area (Å²) >= 11 is 0. The molecule has 1 saturated heterocycles. The van der Waals surface area contributed by atoms with E-state index in [1.165, 1.54) is 0 Å². The Labute approximate surface area is 113 Å². The van der Waals surface area contributed by atoms with Gasteiger partial charge in [-0.05, 0) is 26.2 Å². The van der Waals surface area contributed by atoms with Crippen LogP contribution in [0, 0.1) is 5.92 Å². The van der Waals surface area contributed by atoms with Gasteiger partial charge in [0.2, 0.25) is 5.91 Å². The van der Waals surface area contributed by atoms with Crippen LogP contribution in [0.4, 0.5) is 0 Å². The van der Waals surface area contributed by atoms with Gasteiger partial charge >= 0.3 is 0 Å². The number of nitrogens with zero attached hydrogens (tertiary/aromatic N) is 3. The molecule has 1 aromatic rings. The fourth-order valence-corrected chi connectivity index (χ4v) is 2.39. The molecule has 1 fully saturated rings. The molecule has 1 N–H and O–H groups in total. The van der Waals surface area contributed by atoms with Crippen molar-refractivity contribution in [2.75, 3.05) is 13.2 Å². The molecule has 6 nitrogen and oxygen atoms in total. The van der Waals surface area contributed by atoms with Crippen LogP contribution in [0.1, 0.15) is 45.0 Å². The highest BCUT2D eigenvalue weighted by Gasteiger charge is 2.25. The number of rotatable bonds is 5. The Bertz CT molecular complexity index is 413. The van der Waals surface area contributed by atoms with Crippen molar-refractivity contribution in [3.63, 3.8) is 0 Å². The van der Waals surface area contributed by atoms with Crippen LogP contribution >= 0.6 is 0 Å². The Kier molecular flexibility index (Phi) is 4.90. The zero-order chi connectivity index (χ0) is 13.7. The predicted molar refractivity (Wildman–Crippen MR) is 70.4 cm³/mol. The Balaban J connectivity index is 2.00. The summed E-state index contributed by atoms with van der Waals surface area (Å²) in [7, 11) is 0. The first-order valence-corrected chi connectivity index (χ1v) is 7.02. The van der Waals surface area contributed by atoms with E-state index >= 15 is 0 Å². The lowest BCUT2D eigenvalue weighted by Gasteiger charge is -2.24. The first-order chi connectivity index (χ1) is 9.26. The zero-order valence-corrected chi connectivity index (χ0v) is 11.6. The van der Waals surface area contributed by atoms with Crippen molar-refractivity contribution in [3.05, 3.63) is 12.2 Å². The number of nitrogens with one attached hydrogen (secondary N) is 1. The maximum atomic E-state index is 12.2. The van der Waals surface area contributed by atoms with Gasteiger partial charge in [-0.15, -0.1) is 0 Å². The number of carbonyl (C=O) groups excluding carboxylic acids is 1. The predicted octanol–water partition coefficient (Wildman–Crippen LogP) is 1.29. The number of hydrogen-bond donors (Lipinski definition) is 1. The third-order valence-electron chi connectivity index (χ3n) is 3.57. The van der Waals surface area contributed by atoms with Crippen molar-refractivity contribution < 1.29 is 9.53 Å². The van der Waals surface area contributed by atoms with Gasteiger partial charge in [-0.25, -0.2) is 9.67 Å². The molecule has 19 heavy (non-hydrogen) atoms. The van der Waals surface area contributed by atoms with Crippen molar-refractivity contribution in [3.8, 4) is 0 Å². The molecule has 2 heterocycles. The van der Waals surface area contributed by atoms with E-state index in [0.717, 1.165) is 31.6 Å². The summed E-state index contributed by atoms with van der Waals surface area (Å²) in [6.45, 7) is 6.19. The molecule has 0 unspecified atom stereocenters. The van der Waals surface area contributed by atoms with Crippen LogP contribution in [0.3, 0.4) is 0 Å². The lowest BCUT2D eigenvalue weighted by atomic mass is 9.99. The van der Waals surface area contributed by atoms with E-state index in [9.17, 15) is 4.79 Å². The first-order valence-electron chi connectivity index (χ1n) is 7.02. The van der Waals surface area contributed by atoms with E-state index in [1.54, 1.807) is 6.33 Å². The minimum atomic E-state index is -0.0576. The van der Waals surface area contributed by atoms with Gasteiger partial charge in [0.05, 0.1) is 6.04 Å². The van der Waals surface area contributed by atoms with Gasteiger partial charge in [-0.3, -0.25) is 4.79 Å². The lowest BCUT2D eigenvalue weighted by molar-refractivity contribution is -0.128. The molecule has 1 atom stereocenters. The summed E-state index contributed by atoms with van der Waals surface area (Å²) in [4.78, 5) is 16.5. The maximum absolute atomic E-state index is 12.2. The van der Waals surface area contributed by atoms with Crippen LogP contribution in [0.15, 0.2) is 6.33 Å². The second-order valence-electron chi connectivity index (χ2n) is 4.79. The highest BCUT2D eigenvalue weighted by Crippen LogP contribution is 2.19. The van der Waals surface area contributed by atoms with Crippen LogP contribution in [-0.2, 0) is 16.1 Å². The van der Waals surface area contributed by atoms with E-state index in [1.807, 2.05) is 18.5 Å². The van der Waals surface area contributed by atoms with Gasteiger partial charge in [-0.1, -0.05) is 6.92 Å². The molecule has 0 aliphatic carbocycles. The molecule has 6 heteroatoms. The van der Waals surface area contributed by atoms with Crippen LogP contribution in [0.5, 0.6) is 0 Å². The van der Waals surface area contributed by atoms with Crippen LogP contribution in [0.2, 0.25) is 0 Å². The molecule has 0 bridgehead atoms. The largest absolute Gasteiger partial charge is 0.381 e. The number of aromatic nitrogens is 3. The summed E-state index contributed by atoms with van der Waals surface area (Å²) < 4.78 is 7.12. The van der Waals surface area contributed by atoms with Crippen molar-refractivity contribution in [2.24, 2.45) is 5.92 Å². The molecule has 0 aromatic carbocycles. The molecule has 1 aliphatic rings. The smallest absolute Gasteiger partial charge is 0.223 e. The quantitative estimate of drug-likeness (QED) is 0.872. The summed E-state index contributed by atoms with van der Waals surface area (Å²) in [5.41, 5.74) is 0. The summed E-state index contributed by atoms with van der Waals surface area (Å²) in [6.07, 6.45) is 3.97. The van der Waals surface area contributed by atoms with E-state index in [0.29, 0.717) is 13.2 Å². The van der Waals surface area contributed by atoms with Gasteiger partial charge in [0.15, 0.2) is 0 Å². The molecule has 2 rings (SSSR count). The van der Waals surface area contributed by atoms with Crippen LogP contribution in [0.25, 0.3) is 0 Å². The second-order valence-corrected chi connectivity index (χ2v) is 4.79. The molecular formula is C13H22N4O2. The normalized spacial score (nSPS) is 18.2. The summed E-state index contributed by atoms with van der Waals surface area (Å²) in [5.74, 6) is 1.02.